The van der Waals surface area contributed by atoms with Crippen molar-refractivity contribution in [3.63, 3.8) is 0 Å². The predicted molar refractivity (Wildman–Crippen MR) is 82.8 cm³/mol. The molecule has 0 bridgehead atoms. The molecular weight excluding hydrogens is 248 g/mol. The van der Waals surface area contributed by atoms with E-state index < -0.39 is 0 Å². The van der Waals surface area contributed by atoms with E-state index in [0.29, 0.717) is 12.2 Å². The highest BCUT2D eigenvalue weighted by atomic mass is 16.5. The molecule has 1 unspecified atom stereocenters. The normalized spacial score (nSPS) is 12.2. The van der Waals surface area contributed by atoms with Crippen LogP contribution in [-0.4, -0.2) is 31.1 Å². The number of rotatable bonds is 9. The molecule has 3 nitrogen and oxygen atoms in total. The Kier molecular flexibility index (Phi) is 7.75. The van der Waals surface area contributed by atoms with E-state index in [0.717, 1.165) is 37.7 Å². The van der Waals surface area contributed by atoms with Gasteiger partial charge in [-0.3, -0.25) is 0 Å². The molecule has 0 heterocycles. The minimum atomic E-state index is 0.648. The highest BCUT2D eigenvalue weighted by Crippen LogP contribution is 2.13. The molecular formula is C17H26N2O. The number of benzene rings is 1. The van der Waals surface area contributed by atoms with Gasteiger partial charge in [-0.1, -0.05) is 33.3 Å². The van der Waals surface area contributed by atoms with Gasteiger partial charge in [-0.15, -0.1) is 0 Å². The third-order valence-electron chi connectivity index (χ3n) is 3.56. The van der Waals surface area contributed by atoms with E-state index in [2.05, 4.69) is 31.7 Å². The molecule has 20 heavy (non-hydrogen) atoms. The molecule has 1 aromatic carbocycles. The average molecular weight is 274 g/mol. The van der Waals surface area contributed by atoms with Crippen LogP contribution in [0.5, 0.6) is 5.75 Å². The molecule has 1 aromatic rings. The van der Waals surface area contributed by atoms with Crippen molar-refractivity contribution < 1.29 is 4.74 Å². The van der Waals surface area contributed by atoms with E-state index >= 15 is 0 Å². The molecule has 0 saturated carbocycles. The maximum atomic E-state index is 8.83. The van der Waals surface area contributed by atoms with Crippen LogP contribution in [0.3, 0.4) is 0 Å². The van der Waals surface area contributed by atoms with E-state index in [-0.39, 0.29) is 0 Å². The lowest BCUT2D eigenvalue weighted by atomic mass is 10.1. The summed E-state index contributed by atoms with van der Waals surface area (Å²) in [6.45, 7) is 10.8. The molecule has 0 fully saturated rings. The lowest BCUT2D eigenvalue weighted by molar-refractivity contribution is 0.217. The summed E-state index contributed by atoms with van der Waals surface area (Å²) in [4.78, 5) is 2.48. The standard InChI is InChI=1S/C17H26N2O/c1-4-15(3)14-19(5-2)10-7-11-20-17-9-6-8-16(12-17)13-18/h6,8-9,12,15H,4-5,7,10-11,14H2,1-3H3. The Morgan fingerprint density at radius 2 is 2.15 bits per heavy atom. The fourth-order valence-corrected chi connectivity index (χ4v) is 2.08. The Labute approximate surface area is 123 Å². The van der Waals surface area contributed by atoms with Crippen molar-refractivity contribution in [2.24, 2.45) is 5.92 Å². The van der Waals surface area contributed by atoms with Gasteiger partial charge in [-0.25, -0.2) is 0 Å². The van der Waals surface area contributed by atoms with Crippen LogP contribution in [-0.2, 0) is 0 Å². The molecule has 0 amide bonds. The second kappa shape index (κ2) is 9.39. The maximum Gasteiger partial charge on any atom is 0.120 e. The van der Waals surface area contributed by atoms with Crippen molar-refractivity contribution >= 4 is 0 Å². The molecule has 1 atom stereocenters. The van der Waals surface area contributed by atoms with Gasteiger partial charge in [0.25, 0.3) is 0 Å². The number of hydrogen-bond acceptors (Lipinski definition) is 3. The van der Waals surface area contributed by atoms with Gasteiger partial charge in [0.15, 0.2) is 0 Å². The lowest BCUT2D eigenvalue weighted by Gasteiger charge is -2.23. The van der Waals surface area contributed by atoms with E-state index in [1.165, 1.54) is 6.42 Å². The Morgan fingerprint density at radius 1 is 1.35 bits per heavy atom. The first kappa shape index (κ1) is 16.5. The Morgan fingerprint density at radius 3 is 2.80 bits per heavy atom. The Balaban J connectivity index is 2.28. The van der Waals surface area contributed by atoms with Gasteiger partial charge in [0.2, 0.25) is 0 Å². The summed E-state index contributed by atoms with van der Waals surface area (Å²) < 4.78 is 5.70. The van der Waals surface area contributed by atoms with Gasteiger partial charge >= 0.3 is 0 Å². The van der Waals surface area contributed by atoms with E-state index in [4.69, 9.17) is 10.00 Å². The van der Waals surface area contributed by atoms with Gasteiger partial charge < -0.3 is 9.64 Å². The van der Waals surface area contributed by atoms with Crippen LogP contribution >= 0.6 is 0 Å². The molecule has 0 aliphatic carbocycles. The summed E-state index contributed by atoms with van der Waals surface area (Å²) in [6, 6.07) is 9.46. The number of nitrogens with zero attached hydrogens (tertiary/aromatic N) is 2. The van der Waals surface area contributed by atoms with Gasteiger partial charge in [-0.05, 0) is 37.1 Å². The Hall–Kier alpha value is -1.53. The van der Waals surface area contributed by atoms with Gasteiger partial charge in [0.05, 0.1) is 18.2 Å². The summed E-state index contributed by atoms with van der Waals surface area (Å²) in [5.74, 6) is 1.54. The zero-order valence-corrected chi connectivity index (χ0v) is 12.9. The highest BCUT2D eigenvalue weighted by Gasteiger charge is 2.06. The van der Waals surface area contributed by atoms with Crippen molar-refractivity contribution in [3.8, 4) is 11.8 Å². The lowest BCUT2D eigenvalue weighted by Crippen LogP contribution is -2.30. The number of hydrogen-bond donors (Lipinski definition) is 0. The van der Waals surface area contributed by atoms with Crippen molar-refractivity contribution in [2.75, 3.05) is 26.2 Å². The molecule has 0 N–H and O–H groups in total. The van der Waals surface area contributed by atoms with Crippen molar-refractivity contribution in [1.82, 2.24) is 4.90 Å². The van der Waals surface area contributed by atoms with Crippen LogP contribution in [0.25, 0.3) is 0 Å². The first-order valence-corrected chi connectivity index (χ1v) is 7.54. The zero-order valence-electron chi connectivity index (χ0n) is 12.9. The van der Waals surface area contributed by atoms with Gasteiger partial charge in [0, 0.05) is 13.1 Å². The number of ether oxygens (including phenoxy) is 1. The average Bonchev–Trinajstić information content (AvgIpc) is 2.50. The predicted octanol–water partition coefficient (Wildman–Crippen LogP) is 3.70. The quantitative estimate of drug-likeness (QED) is 0.644. The zero-order chi connectivity index (χ0) is 14.8. The molecule has 0 aliphatic rings. The largest absolute Gasteiger partial charge is 0.494 e. The fourth-order valence-electron chi connectivity index (χ4n) is 2.08. The summed E-state index contributed by atoms with van der Waals surface area (Å²) in [5, 5.41) is 8.83. The summed E-state index contributed by atoms with van der Waals surface area (Å²) in [5.41, 5.74) is 0.648. The van der Waals surface area contributed by atoms with Crippen LogP contribution in [0, 0.1) is 17.2 Å². The molecule has 0 radical (unpaired) electrons. The second-order valence-corrected chi connectivity index (χ2v) is 5.25. The highest BCUT2D eigenvalue weighted by molar-refractivity contribution is 5.36. The van der Waals surface area contributed by atoms with Crippen LogP contribution in [0.15, 0.2) is 24.3 Å². The first-order valence-electron chi connectivity index (χ1n) is 7.54. The SMILES string of the molecule is CCC(C)CN(CC)CCCOc1cccc(C#N)c1. The number of nitriles is 1. The van der Waals surface area contributed by atoms with Crippen molar-refractivity contribution in [2.45, 2.75) is 33.6 Å². The molecule has 3 heteroatoms. The minimum absolute atomic E-state index is 0.648. The van der Waals surface area contributed by atoms with Crippen LogP contribution in [0.2, 0.25) is 0 Å². The molecule has 0 aliphatic heterocycles. The van der Waals surface area contributed by atoms with E-state index in [9.17, 15) is 0 Å². The van der Waals surface area contributed by atoms with Crippen molar-refractivity contribution in [1.29, 1.82) is 5.26 Å². The monoisotopic (exact) mass is 274 g/mol. The summed E-state index contributed by atoms with van der Waals surface area (Å²) in [6.07, 6.45) is 2.25. The third kappa shape index (κ3) is 6.08. The third-order valence-corrected chi connectivity index (χ3v) is 3.56. The van der Waals surface area contributed by atoms with Gasteiger partial charge in [0.1, 0.15) is 5.75 Å². The fraction of sp³-hybridized carbons (Fsp3) is 0.588. The first-order chi connectivity index (χ1) is 9.69. The van der Waals surface area contributed by atoms with E-state index in [1.807, 2.05) is 12.1 Å². The van der Waals surface area contributed by atoms with Gasteiger partial charge in [-0.2, -0.15) is 5.26 Å². The topological polar surface area (TPSA) is 36.3 Å². The second-order valence-electron chi connectivity index (χ2n) is 5.25. The molecule has 1 rings (SSSR count). The van der Waals surface area contributed by atoms with Crippen LogP contribution in [0.4, 0.5) is 0 Å². The van der Waals surface area contributed by atoms with Crippen molar-refractivity contribution in [3.05, 3.63) is 29.8 Å². The summed E-state index contributed by atoms with van der Waals surface area (Å²) >= 11 is 0. The maximum absolute atomic E-state index is 8.83. The van der Waals surface area contributed by atoms with Crippen LogP contribution < -0.4 is 4.74 Å². The molecule has 0 saturated heterocycles. The Bertz CT molecular complexity index is 425. The van der Waals surface area contributed by atoms with Crippen LogP contribution in [0.1, 0.15) is 39.2 Å². The summed E-state index contributed by atoms with van der Waals surface area (Å²) in [7, 11) is 0. The molecule has 0 aromatic heterocycles. The molecule has 110 valence electrons. The molecule has 0 spiro atoms. The van der Waals surface area contributed by atoms with E-state index in [1.54, 1.807) is 12.1 Å². The smallest absolute Gasteiger partial charge is 0.120 e. The minimum Gasteiger partial charge on any atom is -0.494 e.